The lowest BCUT2D eigenvalue weighted by atomic mass is 10.0. The number of anilines is 1. The van der Waals surface area contributed by atoms with Gasteiger partial charge >= 0.3 is 0 Å². The van der Waals surface area contributed by atoms with Crippen LogP contribution in [0.15, 0.2) is 42.5 Å². The van der Waals surface area contributed by atoms with Gasteiger partial charge in [0.15, 0.2) is 0 Å². The van der Waals surface area contributed by atoms with Crippen molar-refractivity contribution in [2.45, 2.75) is 85.9 Å². The summed E-state index contributed by atoms with van der Waals surface area (Å²) < 4.78 is 26.6. The topological polar surface area (TPSA) is 86.8 Å². The van der Waals surface area contributed by atoms with Crippen LogP contribution in [-0.2, 0) is 26.2 Å². The van der Waals surface area contributed by atoms with E-state index in [2.05, 4.69) is 5.32 Å². The number of carbonyl (C=O) groups excluding carboxylic acids is 2. The van der Waals surface area contributed by atoms with E-state index < -0.39 is 21.6 Å². The maximum atomic E-state index is 13.6. The molecular weight excluding hydrogens is 486 g/mol. The molecule has 2 aromatic rings. The second kappa shape index (κ2) is 12.6. The van der Waals surface area contributed by atoms with Crippen molar-refractivity contribution in [3.05, 3.63) is 64.7 Å². The molecule has 0 radical (unpaired) electrons. The lowest BCUT2D eigenvalue weighted by Gasteiger charge is -2.33. The number of sulfonamides is 1. The van der Waals surface area contributed by atoms with Crippen molar-refractivity contribution in [1.82, 2.24) is 10.2 Å². The highest BCUT2D eigenvalue weighted by molar-refractivity contribution is 7.92. The number of hydrogen-bond acceptors (Lipinski definition) is 4. The van der Waals surface area contributed by atoms with Crippen molar-refractivity contribution in [2.75, 3.05) is 17.1 Å². The van der Waals surface area contributed by atoms with Crippen LogP contribution in [0.3, 0.4) is 0 Å². The van der Waals surface area contributed by atoms with Gasteiger partial charge in [-0.1, -0.05) is 43.3 Å². The summed E-state index contributed by atoms with van der Waals surface area (Å²) in [7, 11) is -3.54. The van der Waals surface area contributed by atoms with Crippen molar-refractivity contribution in [1.29, 1.82) is 0 Å². The first-order chi connectivity index (χ1) is 17.2. The third-order valence-corrected chi connectivity index (χ3v) is 7.66. The van der Waals surface area contributed by atoms with E-state index in [0.717, 1.165) is 22.3 Å². The summed E-state index contributed by atoms with van der Waals surface area (Å²) in [4.78, 5) is 28.4. The van der Waals surface area contributed by atoms with Crippen molar-refractivity contribution in [3.63, 3.8) is 0 Å². The minimum atomic E-state index is -3.54. The predicted octanol–water partition coefficient (Wildman–Crippen LogP) is 4.88. The van der Waals surface area contributed by atoms with E-state index in [0.29, 0.717) is 25.1 Å². The largest absolute Gasteiger partial charge is 0.350 e. The Kier molecular flexibility index (Phi) is 10.3. The molecule has 0 saturated heterocycles. The molecule has 0 aliphatic rings. The maximum Gasteiger partial charge on any atom is 0.243 e. The third-order valence-electron chi connectivity index (χ3n) is 6.48. The summed E-state index contributed by atoms with van der Waals surface area (Å²) in [6.07, 6.45) is 2.12. The zero-order chi connectivity index (χ0) is 28.0. The average Bonchev–Trinajstić information content (AvgIpc) is 2.78. The molecule has 2 amide bonds. The van der Waals surface area contributed by atoms with Crippen LogP contribution in [0.4, 0.5) is 5.69 Å². The number of carbonyl (C=O) groups is 2. The molecule has 0 spiro atoms. The standard InChI is InChI=1S/C29H43N3O4S/c1-9-25(28(34)30-29(5,6)7)31(20-24-16-11-10-14-22(24)3)27(33)18-13-19-32(37(8,35)36)26-17-12-15-21(2)23(26)4/h10-12,14-17,25H,9,13,18-20H2,1-8H3,(H,30,34)/t25-/m1/s1. The lowest BCUT2D eigenvalue weighted by Crippen LogP contribution is -2.53. The van der Waals surface area contributed by atoms with Gasteiger partial charge in [-0.15, -0.1) is 0 Å². The van der Waals surface area contributed by atoms with E-state index in [1.54, 1.807) is 11.0 Å². The van der Waals surface area contributed by atoms with Gasteiger partial charge in [-0.2, -0.15) is 0 Å². The summed E-state index contributed by atoms with van der Waals surface area (Å²) in [5.74, 6) is -0.362. The molecule has 0 aromatic heterocycles. The molecule has 0 saturated carbocycles. The summed E-state index contributed by atoms with van der Waals surface area (Å²) >= 11 is 0. The molecule has 0 heterocycles. The average molecular weight is 530 g/mol. The van der Waals surface area contributed by atoms with Crippen molar-refractivity contribution in [3.8, 4) is 0 Å². The summed E-state index contributed by atoms with van der Waals surface area (Å²) in [5.41, 5.74) is 4.12. The third kappa shape index (κ3) is 8.59. The Morgan fingerprint density at radius 2 is 1.59 bits per heavy atom. The zero-order valence-corrected chi connectivity index (χ0v) is 24.4. The zero-order valence-electron chi connectivity index (χ0n) is 23.6. The van der Waals surface area contributed by atoms with Crippen LogP contribution in [0.5, 0.6) is 0 Å². The number of nitrogens with zero attached hydrogens (tertiary/aromatic N) is 2. The highest BCUT2D eigenvalue weighted by atomic mass is 32.2. The SMILES string of the molecule is CC[C@H](C(=O)NC(C)(C)C)N(Cc1ccccc1C)C(=O)CCCN(c1cccc(C)c1C)S(C)(=O)=O. The Balaban J connectivity index is 2.29. The Bertz CT molecular complexity index is 1200. The molecule has 7 nitrogen and oxygen atoms in total. The van der Waals surface area contributed by atoms with Gasteiger partial charge in [-0.05, 0) is 82.7 Å². The van der Waals surface area contributed by atoms with Crippen molar-refractivity contribution in [2.24, 2.45) is 0 Å². The molecule has 204 valence electrons. The fraction of sp³-hybridized carbons (Fsp3) is 0.517. The van der Waals surface area contributed by atoms with Gasteiger partial charge in [0.05, 0.1) is 11.9 Å². The Morgan fingerprint density at radius 3 is 2.16 bits per heavy atom. The molecule has 8 heteroatoms. The van der Waals surface area contributed by atoms with Gasteiger partial charge in [0.2, 0.25) is 21.8 Å². The van der Waals surface area contributed by atoms with E-state index in [4.69, 9.17) is 0 Å². The van der Waals surface area contributed by atoms with Gasteiger partial charge in [0, 0.05) is 25.0 Å². The van der Waals surface area contributed by atoms with E-state index >= 15 is 0 Å². The quantitative estimate of drug-likeness (QED) is 0.449. The number of nitrogens with one attached hydrogen (secondary N) is 1. The Hall–Kier alpha value is -2.87. The van der Waals surface area contributed by atoms with Crippen LogP contribution in [0.1, 0.15) is 69.2 Å². The predicted molar refractivity (Wildman–Crippen MR) is 151 cm³/mol. The van der Waals surface area contributed by atoms with Crippen LogP contribution in [0.2, 0.25) is 0 Å². The normalized spacial score (nSPS) is 12.6. The summed E-state index contributed by atoms with van der Waals surface area (Å²) in [6, 6.07) is 12.8. The second-order valence-electron chi connectivity index (χ2n) is 10.8. The molecule has 0 unspecified atom stereocenters. The van der Waals surface area contributed by atoms with Gasteiger partial charge in [0.25, 0.3) is 0 Å². The monoisotopic (exact) mass is 529 g/mol. The van der Waals surface area contributed by atoms with Crippen LogP contribution in [0, 0.1) is 20.8 Å². The smallest absolute Gasteiger partial charge is 0.243 e. The Labute approximate surface area is 223 Å². The molecule has 1 atom stereocenters. The first kappa shape index (κ1) is 30.4. The molecule has 1 N–H and O–H groups in total. The molecule has 0 bridgehead atoms. The molecule has 0 aliphatic carbocycles. The van der Waals surface area contributed by atoms with Crippen LogP contribution < -0.4 is 9.62 Å². The second-order valence-corrected chi connectivity index (χ2v) is 12.7. The van der Waals surface area contributed by atoms with Gasteiger partial charge in [-0.3, -0.25) is 13.9 Å². The first-order valence-electron chi connectivity index (χ1n) is 12.9. The van der Waals surface area contributed by atoms with Crippen molar-refractivity contribution >= 4 is 27.5 Å². The molecule has 2 aromatic carbocycles. The van der Waals surface area contributed by atoms with Crippen molar-refractivity contribution < 1.29 is 18.0 Å². The number of rotatable bonds is 11. The highest BCUT2D eigenvalue weighted by Gasteiger charge is 2.31. The molecule has 2 rings (SSSR count). The van der Waals surface area contributed by atoms with Gasteiger partial charge in [-0.25, -0.2) is 8.42 Å². The molecule has 0 fully saturated rings. The van der Waals surface area contributed by atoms with Crippen LogP contribution in [0.25, 0.3) is 0 Å². The summed E-state index contributed by atoms with van der Waals surface area (Å²) in [6.45, 7) is 14.0. The molecule has 37 heavy (non-hydrogen) atoms. The minimum absolute atomic E-state index is 0.127. The number of aryl methyl sites for hydroxylation is 2. The fourth-order valence-corrected chi connectivity index (χ4v) is 5.35. The first-order valence-corrected chi connectivity index (χ1v) is 14.7. The molecular formula is C29H43N3O4S. The van der Waals surface area contributed by atoms with E-state index in [1.165, 1.54) is 10.6 Å². The summed E-state index contributed by atoms with van der Waals surface area (Å²) in [5, 5.41) is 3.01. The highest BCUT2D eigenvalue weighted by Crippen LogP contribution is 2.26. The fourth-order valence-electron chi connectivity index (χ4n) is 4.33. The Morgan fingerprint density at radius 1 is 0.973 bits per heavy atom. The van der Waals surface area contributed by atoms with E-state index in [1.807, 2.05) is 84.9 Å². The number of amides is 2. The van der Waals surface area contributed by atoms with Gasteiger partial charge < -0.3 is 10.2 Å². The maximum absolute atomic E-state index is 13.6. The van der Waals surface area contributed by atoms with Crippen LogP contribution in [-0.4, -0.2) is 49.5 Å². The van der Waals surface area contributed by atoms with E-state index in [-0.39, 0.29) is 24.8 Å². The van der Waals surface area contributed by atoms with E-state index in [9.17, 15) is 18.0 Å². The van der Waals surface area contributed by atoms with Crippen LogP contribution >= 0.6 is 0 Å². The molecule has 0 aliphatic heterocycles. The lowest BCUT2D eigenvalue weighted by molar-refractivity contribution is -0.142. The number of benzene rings is 2. The minimum Gasteiger partial charge on any atom is -0.350 e. The number of hydrogen-bond donors (Lipinski definition) is 1. The van der Waals surface area contributed by atoms with Gasteiger partial charge in [0.1, 0.15) is 6.04 Å².